The van der Waals surface area contributed by atoms with Gasteiger partial charge in [-0.2, -0.15) is 0 Å². The van der Waals surface area contributed by atoms with Gasteiger partial charge in [0.25, 0.3) is 0 Å². The van der Waals surface area contributed by atoms with Gasteiger partial charge in [0.1, 0.15) is 19.9 Å². The van der Waals surface area contributed by atoms with Gasteiger partial charge in [-0.15, -0.1) is 0 Å². The van der Waals surface area contributed by atoms with Crippen LogP contribution in [0, 0.1) is 5.82 Å². The first-order valence-corrected chi connectivity index (χ1v) is 7.18. The van der Waals surface area contributed by atoms with Crippen molar-refractivity contribution in [2.45, 2.75) is 54.4 Å². The first-order valence-electron chi connectivity index (χ1n) is 7.18. The number of carbonyl (C=O) groups is 1. The molecule has 1 aromatic carbocycles. The third-order valence-electron chi connectivity index (χ3n) is 2.60. The van der Waals surface area contributed by atoms with E-state index in [1.807, 2.05) is 41.5 Å². The second-order valence-corrected chi connectivity index (χ2v) is 4.08. The van der Waals surface area contributed by atoms with E-state index in [0.29, 0.717) is 17.4 Å². The van der Waals surface area contributed by atoms with Gasteiger partial charge >= 0.3 is 0 Å². The zero-order valence-corrected chi connectivity index (χ0v) is 13.8. The minimum Gasteiger partial charge on any atom is -0.299 e. The number of carbonyl (C=O) groups excluding carboxylic acids is 1. The SMILES string of the molecule is CC.CC.[B]/C(C=O)=C(\C)c1cc(F)ccc1C(C)C. The summed E-state index contributed by atoms with van der Waals surface area (Å²) in [6, 6.07) is 4.57. The first-order chi connectivity index (χ1) is 9.47. The molecular weight excluding hydrogens is 250 g/mol. The summed E-state index contributed by atoms with van der Waals surface area (Å²) in [5, 5.41) is 0. The molecule has 0 N–H and O–H groups in total. The second kappa shape index (κ2) is 11.5. The number of benzene rings is 1. The average Bonchev–Trinajstić information content (AvgIpc) is 2.49. The monoisotopic (exact) mass is 276 g/mol. The summed E-state index contributed by atoms with van der Waals surface area (Å²) in [5.74, 6) is -0.0672. The zero-order valence-electron chi connectivity index (χ0n) is 13.8. The number of rotatable bonds is 3. The molecule has 20 heavy (non-hydrogen) atoms. The lowest BCUT2D eigenvalue weighted by molar-refractivity contribution is -0.104. The van der Waals surface area contributed by atoms with Crippen LogP contribution >= 0.6 is 0 Å². The van der Waals surface area contributed by atoms with Crippen molar-refractivity contribution in [3.8, 4) is 0 Å². The Kier molecular flexibility index (Phi) is 12.0. The Morgan fingerprint density at radius 2 is 1.70 bits per heavy atom. The van der Waals surface area contributed by atoms with Gasteiger partial charge < -0.3 is 0 Å². The molecule has 0 aliphatic heterocycles. The quantitative estimate of drug-likeness (QED) is 0.426. The molecule has 0 aromatic heterocycles. The van der Waals surface area contributed by atoms with Crippen LogP contribution in [0.2, 0.25) is 0 Å². The van der Waals surface area contributed by atoms with Crippen LogP contribution < -0.4 is 0 Å². The maximum atomic E-state index is 13.2. The molecule has 0 saturated carbocycles. The van der Waals surface area contributed by atoms with E-state index in [9.17, 15) is 9.18 Å². The van der Waals surface area contributed by atoms with Crippen LogP contribution in [0.4, 0.5) is 4.39 Å². The molecule has 0 saturated heterocycles. The summed E-state index contributed by atoms with van der Waals surface area (Å²) in [6.45, 7) is 13.8. The maximum Gasteiger partial charge on any atom is 0.136 e. The molecule has 3 heteroatoms. The van der Waals surface area contributed by atoms with Crippen molar-refractivity contribution in [2.24, 2.45) is 0 Å². The van der Waals surface area contributed by atoms with Gasteiger partial charge in [-0.05, 0) is 41.7 Å². The smallest absolute Gasteiger partial charge is 0.136 e. The highest BCUT2D eigenvalue weighted by atomic mass is 19.1. The van der Waals surface area contributed by atoms with Gasteiger partial charge in [-0.1, -0.05) is 53.1 Å². The largest absolute Gasteiger partial charge is 0.299 e. The van der Waals surface area contributed by atoms with Gasteiger partial charge in [0.05, 0.1) is 0 Å². The third-order valence-corrected chi connectivity index (χ3v) is 2.60. The van der Waals surface area contributed by atoms with Gasteiger partial charge in [0.15, 0.2) is 0 Å². The third kappa shape index (κ3) is 6.18. The fourth-order valence-electron chi connectivity index (χ4n) is 1.60. The molecule has 1 aromatic rings. The van der Waals surface area contributed by atoms with E-state index in [0.717, 1.165) is 5.56 Å². The van der Waals surface area contributed by atoms with Crippen LogP contribution in [0.15, 0.2) is 23.7 Å². The summed E-state index contributed by atoms with van der Waals surface area (Å²) in [4.78, 5) is 10.6. The van der Waals surface area contributed by atoms with Crippen LogP contribution in [-0.4, -0.2) is 14.1 Å². The van der Waals surface area contributed by atoms with Crippen molar-refractivity contribution in [1.82, 2.24) is 0 Å². The predicted octanol–water partition coefficient (Wildman–Crippen LogP) is 5.10. The zero-order chi connectivity index (χ0) is 16.3. The van der Waals surface area contributed by atoms with Crippen LogP contribution in [-0.2, 0) is 4.79 Å². The van der Waals surface area contributed by atoms with E-state index in [4.69, 9.17) is 7.85 Å². The van der Waals surface area contributed by atoms with E-state index >= 15 is 0 Å². The Labute approximate surface area is 124 Å². The van der Waals surface area contributed by atoms with Crippen molar-refractivity contribution < 1.29 is 9.18 Å². The molecule has 0 bridgehead atoms. The summed E-state index contributed by atoms with van der Waals surface area (Å²) in [6.07, 6.45) is 0.588. The van der Waals surface area contributed by atoms with Crippen molar-refractivity contribution in [3.05, 3.63) is 40.6 Å². The molecule has 0 spiro atoms. The molecule has 0 atom stereocenters. The van der Waals surface area contributed by atoms with Gasteiger partial charge in [-0.25, -0.2) is 4.39 Å². The Hall–Kier alpha value is -1.38. The number of halogens is 1. The van der Waals surface area contributed by atoms with Gasteiger partial charge in [-0.3, -0.25) is 4.79 Å². The molecule has 0 heterocycles. The van der Waals surface area contributed by atoms with Crippen LogP contribution in [0.3, 0.4) is 0 Å². The van der Waals surface area contributed by atoms with Gasteiger partial charge in [0.2, 0.25) is 0 Å². The standard InChI is InChI=1S/C13H14BFO.2C2H6/c1-8(2)11-5-4-10(15)6-12(11)9(3)13(14)7-16;2*1-2/h4-8H,1-3H3;2*1-2H3/b13-9+;;. The molecule has 0 amide bonds. The lowest BCUT2D eigenvalue weighted by Gasteiger charge is -2.14. The normalized spacial score (nSPS) is 10.7. The van der Waals surface area contributed by atoms with E-state index in [-0.39, 0.29) is 17.2 Å². The van der Waals surface area contributed by atoms with Crippen molar-refractivity contribution in [3.63, 3.8) is 0 Å². The second-order valence-electron chi connectivity index (χ2n) is 4.08. The molecule has 1 rings (SSSR count). The fraction of sp³-hybridized carbons (Fsp3) is 0.471. The average molecular weight is 276 g/mol. The molecule has 1 nitrogen and oxygen atoms in total. The fourth-order valence-corrected chi connectivity index (χ4v) is 1.60. The topological polar surface area (TPSA) is 17.1 Å². The summed E-state index contributed by atoms with van der Waals surface area (Å²) in [5.41, 5.74) is 2.47. The minimum atomic E-state index is -0.322. The van der Waals surface area contributed by atoms with E-state index < -0.39 is 0 Å². The van der Waals surface area contributed by atoms with E-state index in [2.05, 4.69) is 0 Å². The minimum absolute atomic E-state index is 0.146. The number of hydrogen-bond acceptors (Lipinski definition) is 1. The molecule has 0 fully saturated rings. The predicted molar refractivity (Wildman–Crippen MR) is 87.6 cm³/mol. The van der Waals surface area contributed by atoms with Crippen LogP contribution in [0.25, 0.3) is 5.57 Å². The van der Waals surface area contributed by atoms with Crippen molar-refractivity contribution >= 4 is 19.7 Å². The lowest BCUT2D eigenvalue weighted by atomic mass is 9.85. The number of hydrogen-bond donors (Lipinski definition) is 0. The number of allylic oxidation sites excluding steroid dienone is 2. The lowest BCUT2D eigenvalue weighted by Crippen LogP contribution is -1.98. The number of aldehydes is 1. The van der Waals surface area contributed by atoms with E-state index in [1.54, 1.807) is 13.0 Å². The Morgan fingerprint density at radius 3 is 2.10 bits per heavy atom. The highest BCUT2D eigenvalue weighted by Gasteiger charge is 2.10. The highest BCUT2D eigenvalue weighted by Crippen LogP contribution is 2.27. The molecule has 0 aliphatic rings. The molecular formula is C17H26BFO. The molecule has 0 unspecified atom stereocenters. The van der Waals surface area contributed by atoms with Crippen LogP contribution in [0.1, 0.15) is 65.5 Å². The van der Waals surface area contributed by atoms with Crippen molar-refractivity contribution in [1.29, 1.82) is 0 Å². The Balaban J connectivity index is 0. The van der Waals surface area contributed by atoms with Gasteiger partial charge in [0, 0.05) is 0 Å². The van der Waals surface area contributed by atoms with Crippen LogP contribution in [0.5, 0.6) is 0 Å². The summed E-state index contributed by atoms with van der Waals surface area (Å²) >= 11 is 0. The molecule has 2 radical (unpaired) electrons. The highest BCUT2D eigenvalue weighted by molar-refractivity contribution is 6.35. The maximum absolute atomic E-state index is 13.2. The molecule has 0 aliphatic carbocycles. The van der Waals surface area contributed by atoms with E-state index in [1.165, 1.54) is 12.1 Å². The first kappa shape index (κ1) is 20.9. The molecule has 110 valence electrons. The Morgan fingerprint density at radius 1 is 1.20 bits per heavy atom. The summed E-state index contributed by atoms with van der Waals surface area (Å²) < 4.78 is 13.2. The Bertz CT molecular complexity index is 437. The summed E-state index contributed by atoms with van der Waals surface area (Å²) in [7, 11) is 5.56. The van der Waals surface area contributed by atoms with Crippen molar-refractivity contribution in [2.75, 3.05) is 0 Å².